The number of nitrogens with zero attached hydrogens (tertiary/aromatic N) is 2. The molecule has 0 fully saturated rings. The number of aromatic nitrogens is 2. The van der Waals surface area contributed by atoms with E-state index in [0.717, 1.165) is 12.2 Å². The molecule has 0 radical (unpaired) electrons. The summed E-state index contributed by atoms with van der Waals surface area (Å²) in [7, 11) is 0. The van der Waals surface area contributed by atoms with Crippen LogP contribution in [0.5, 0.6) is 0 Å². The topological polar surface area (TPSA) is 17.8 Å². The van der Waals surface area contributed by atoms with Crippen molar-refractivity contribution in [3.63, 3.8) is 0 Å². The van der Waals surface area contributed by atoms with E-state index in [1.165, 1.54) is 6.42 Å². The smallest absolute Gasteiger partial charge is 0.0949 e. The fraction of sp³-hybridized carbons (Fsp3) is 0.727. The lowest BCUT2D eigenvalue weighted by Gasteiger charge is -1.93. The highest BCUT2D eigenvalue weighted by Gasteiger charge is 1.88. The molecule has 1 aromatic heterocycles. The second-order valence-corrected chi connectivity index (χ2v) is 2.25. The van der Waals surface area contributed by atoms with Gasteiger partial charge in [-0.25, -0.2) is 4.98 Å². The second kappa shape index (κ2) is 11.2. The third kappa shape index (κ3) is 7.57. The number of hydrogen-bond donors (Lipinski definition) is 0. The first-order valence-electron chi connectivity index (χ1n) is 5.31. The van der Waals surface area contributed by atoms with Crippen LogP contribution in [0.2, 0.25) is 0 Å². The highest BCUT2D eigenvalue weighted by Crippen LogP contribution is 1.93. The molecule has 1 aromatic rings. The quantitative estimate of drug-likeness (QED) is 0.686. The summed E-state index contributed by atoms with van der Waals surface area (Å²) in [5.74, 6) is 0. The maximum absolute atomic E-state index is 4.10. The van der Waals surface area contributed by atoms with E-state index in [9.17, 15) is 0 Å². The van der Waals surface area contributed by atoms with Crippen molar-refractivity contribution in [3.8, 4) is 0 Å². The van der Waals surface area contributed by atoms with Gasteiger partial charge in [0.2, 0.25) is 0 Å². The van der Waals surface area contributed by atoms with E-state index in [1.54, 1.807) is 0 Å². The van der Waals surface area contributed by atoms with Gasteiger partial charge in [-0.15, -0.1) is 0 Å². The van der Waals surface area contributed by atoms with Crippen LogP contribution < -0.4 is 0 Å². The largest absolute Gasteiger partial charge is 0.337 e. The Morgan fingerprint density at radius 3 is 2.08 bits per heavy atom. The Kier molecular flexibility index (Phi) is 12.7. The fourth-order valence-electron chi connectivity index (χ4n) is 0.852. The Morgan fingerprint density at radius 2 is 1.77 bits per heavy atom. The second-order valence-electron chi connectivity index (χ2n) is 2.25. The molecule has 0 N–H and O–H groups in total. The minimum absolute atomic E-state index is 1.08. The minimum Gasteiger partial charge on any atom is -0.337 e. The highest BCUT2D eigenvalue weighted by atomic mass is 15.0. The van der Waals surface area contributed by atoms with Gasteiger partial charge < -0.3 is 4.57 Å². The van der Waals surface area contributed by atoms with Gasteiger partial charge in [-0.1, -0.05) is 34.6 Å². The zero-order valence-electron chi connectivity index (χ0n) is 9.96. The minimum atomic E-state index is 1.08. The molecule has 0 atom stereocenters. The van der Waals surface area contributed by atoms with Crippen molar-refractivity contribution in [1.29, 1.82) is 0 Å². The van der Waals surface area contributed by atoms with Crippen LogP contribution in [0, 0.1) is 6.92 Å². The van der Waals surface area contributed by atoms with Gasteiger partial charge in [0, 0.05) is 12.7 Å². The van der Waals surface area contributed by atoms with E-state index in [4.69, 9.17) is 0 Å². The normalized spacial score (nSPS) is 7.85. The van der Waals surface area contributed by atoms with Crippen molar-refractivity contribution in [3.05, 3.63) is 18.2 Å². The van der Waals surface area contributed by atoms with E-state index in [2.05, 4.69) is 22.7 Å². The summed E-state index contributed by atoms with van der Waals surface area (Å²) < 4.78 is 2.11. The average molecular weight is 184 g/mol. The molecule has 1 rings (SSSR count). The molecule has 0 bridgehead atoms. The van der Waals surface area contributed by atoms with E-state index in [0.29, 0.717) is 0 Å². The van der Waals surface area contributed by atoms with Gasteiger partial charge in [-0.05, 0) is 13.3 Å². The molecule has 1 heterocycles. The zero-order chi connectivity index (χ0) is 10.7. The predicted molar refractivity (Wildman–Crippen MR) is 60.0 cm³/mol. The van der Waals surface area contributed by atoms with Crippen molar-refractivity contribution < 1.29 is 0 Å². The maximum atomic E-state index is 4.10. The summed E-state index contributed by atoms with van der Waals surface area (Å²) in [5.41, 5.74) is 1.10. The standard InChI is InChI=1S/C7H12N2.2C2H6/c1-3-4-9-5-7(2)8-6-9;2*1-2/h5-6H,3-4H2,1-2H3;2*1-2H3. The van der Waals surface area contributed by atoms with Crippen LogP contribution in [-0.4, -0.2) is 9.55 Å². The molecule has 13 heavy (non-hydrogen) atoms. The molecule has 0 saturated carbocycles. The molecule has 0 aliphatic carbocycles. The molecule has 2 nitrogen and oxygen atoms in total. The summed E-state index contributed by atoms with van der Waals surface area (Å²) in [4.78, 5) is 4.10. The SMILES string of the molecule is CC.CC.CCCn1cnc(C)c1. The zero-order valence-corrected chi connectivity index (χ0v) is 9.96. The van der Waals surface area contributed by atoms with E-state index < -0.39 is 0 Å². The van der Waals surface area contributed by atoms with Gasteiger partial charge >= 0.3 is 0 Å². The summed E-state index contributed by atoms with van der Waals surface area (Å²) >= 11 is 0. The van der Waals surface area contributed by atoms with Crippen LogP contribution >= 0.6 is 0 Å². The first-order chi connectivity index (χ1) is 6.33. The average Bonchev–Trinajstić information content (AvgIpc) is 2.59. The molecule has 0 unspecified atom stereocenters. The van der Waals surface area contributed by atoms with E-state index in [-0.39, 0.29) is 0 Å². The number of imidazole rings is 1. The third-order valence-corrected chi connectivity index (χ3v) is 1.24. The van der Waals surface area contributed by atoms with Gasteiger partial charge in [-0.3, -0.25) is 0 Å². The number of hydrogen-bond acceptors (Lipinski definition) is 1. The predicted octanol–water partition coefficient (Wildman–Crippen LogP) is 3.65. The summed E-state index contributed by atoms with van der Waals surface area (Å²) in [6.45, 7) is 13.3. The molecule has 0 spiro atoms. The van der Waals surface area contributed by atoms with Crippen LogP contribution in [0.4, 0.5) is 0 Å². The summed E-state index contributed by atoms with van der Waals surface area (Å²) in [6, 6.07) is 0. The van der Waals surface area contributed by atoms with Crippen molar-refractivity contribution >= 4 is 0 Å². The first-order valence-corrected chi connectivity index (χ1v) is 5.31. The molecule has 0 aromatic carbocycles. The monoisotopic (exact) mass is 184 g/mol. The van der Waals surface area contributed by atoms with Crippen molar-refractivity contribution in [2.75, 3.05) is 0 Å². The Labute approximate surface area is 83.0 Å². The summed E-state index contributed by atoms with van der Waals surface area (Å²) in [5, 5.41) is 0. The maximum Gasteiger partial charge on any atom is 0.0949 e. The highest BCUT2D eigenvalue weighted by molar-refractivity contribution is 4.91. The number of aryl methyl sites for hydroxylation is 2. The fourth-order valence-corrected chi connectivity index (χ4v) is 0.852. The van der Waals surface area contributed by atoms with Gasteiger partial charge in [0.25, 0.3) is 0 Å². The Morgan fingerprint density at radius 1 is 1.23 bits per heavy atom. The van der Waals surface area contributed by atoms with E-state index >= 15 is 0 Å². The Bertz CT molecular complexity index is 180. The molecule has 0 amide bonds. The Balaban J connectivity index is 0. The van der Waals surface area contributed by atoms with Crippen molar-refractivity contribution in [2.24, 2.45) is 0 Å². The summed E-state index contributed by atoms with van der Waals surface area (Å²) in [6.07, 6.45) is 5.11. The van der Waals surface area contributed by atoms with Crippen molar-refractivity contribution in [1.82, 2.24) is 9.55 Å². The van der Waals surface area contributed by atoms with Gasteiger partial charge in [0.15, 0.2) is 0 Å². The first kappa shape index (κ1) is 14.7. The van der Waals surface area contributed by atoms with Crippen molar-refractivity contribution in [2.45, 2.75) is 54.5 Å². The lowest BCUT2D eigenvalue weighted by atomic mass is 10.5. The molecule has 0 saturated heterocycles. The van der Waals surface area contributed by atoms with Gasteiger partial charge in [0.1, 0.15) is 0 Å². The molecule has 78 valence electrons. The molecule has 0 aliphatic rings. The van der Waals surface area contributed by atoms with Crippen LogP contribution in [0.15, 0.2) is 12.5 Å². The lowest BCUT2D eigenvalue weighted by molar-refractivity contribution is 0.678. The van der Waals surface area contributed by atoms with E-state index in [1.807, 2.05) is 40.9 Å². The van der Waals surface area contributed by atoms with Gasteiger partial charge in [0.05, 0.1) is 12.0 Å². The number of rotatable bonds is 2. The molecular formula is C11H24N2. The lowest BCUT2D eigenvalue weighted by Crippen LogP contribution is -1.90. The molecule has 2 heteroatoms. The van der Waals surface area contributed by atoms with Crippen LogP contribution in [-0.2, 0) is 6.54 Å². The van der Waals surface area contributed by atoms with Gasteiger partial charge in [-0.2, -0.15) is 0 Å². The van der Waals surface area contributed by atoms with Crippen LogP contribution in [0.3, 0.4) is 0 Å². The molecule has 0 aliphatic heterocycles. The van der Waals surface area contributed by atoms with Crippen LogP contribution in [0.25, 0.3) is 0 Å². The third-order valence-electron chi connectivity index (χ3n) is 1.24. The Hall–Kier alpha value is -0.790. The molecular weight excluding hydrogens is 160 g/mol. The van der Waals surface area contributed by atoms with Crippen LogP contribution in [0.1, 0.15) is 46.7 Å².